The zero-order chi connectivity index (χ0) is 18.2. The number of para-hydroxylation sites is 1. The Morgan fingerprint density at radius 1 is 0.963 bits per heavy atom. The van der Waals surface area contributed by atoms with Crippen molar-refractivity contribution in [1.82, 2.24) is 15.5 Å². The van der Waals surface area contributed by atoms with Crippen LogP contribution in [-0.4, -0.2) is 34.8 Å². The number of benzene rings is 2. The van der Waals surface area contributed by atoms with Gasteiger partial charge in [0, 0.05) is 23.7 Å². The molecular weight excluding hydrogens is 340 g/mol. The maximum absolute atomic E-state index is 12.7. The Labute approximate surface area is 156 Å². The lowest BCUT2D eigenvalue weighted by Gasteiger charge is -2.34. The van der Waals surface area contributed by atoms with Crippen LogP contribution in [0.1, 0.15) is 17.0 Å². The number of Topliss-reactive ketones (excluding diaryl/α,β-unsaturated/α-hetero) is 1. The number of aromatic amines is 1. The largest absolute Gasteiger partial charge is 0.457 e. The summed E-state index contributed by atoms with van der Waals surface area (Å²) in [5.74, 6) is 2.04. The standard InChI is InChI=1S/C21H18N4O2/c26-18-12-22-11-17-20(18)19(16-10-23-25-21(16)24-17)13-5-4-8-15(9-13)27-14-6-2-1-3-7-14/h1-10,19-20,22H,11-12H2,(H,23,25). The zero-order valence-electron chi connectivity index (χ0n) is 14.6. The van der Waals surface area contributed by atoms with E-state index in [0.29, 0.717) is 13.1 Å². The van der Waals surface area contributed by atoms with E-state index in [9.17, 15) is 4.79 Å². The third-order valence-corrected chi connectivity index (χ3v) is 5.08. The molecule has 2 aliphatic heterocycles. The van der Waals surface area contributed by atoms with E-state index in [0.717, 1.165) is 34.2 Å². The van der Waals surface area contributed by atoms with Gasteiger partial charge in [-0.15, -0.1) is 0 Å². The summed E-state index contributed by atoms with van der Waals surface area (Å²) < 4.78 is 5.99. The molecule has 134 valence electrons. The number of fused-ring (bicyclic) bond motifs is 2. The van der Waals surface area contributed by atoms with Crippen LogP contribution < -0.4 is 10.1 Å². The van der Waals surface area contributed by atoms with Gasteiger partial charge in [0.2, 0.25) is 0 Å². The fourth-order valence-electron chi connectivity index (χ4n) is 3.90. The second kappa shape index (κ2) is 6.48. The number of carbonyl (C=O) groups is 1. The van der Waals surface area contributed by atoms with Gasteiger partial charge < -0.3 is 10.1 Å². The smallest absolute Gasteiger partial charge is 0.156 e. The molecule has 0 bridgehead atoms. The van der Waals surface area contributed by atoms with Crippen LogP contribution in [-0.2, 0) is 4.79 Å². The monoisotopic (exact) mass is 358 g/mol. The number of aromatic nitrogens is 2. The number of hydrogen-bond acceptors (Lipinski definition) is 5. The van der Waals surface area contributed by atoms with Crippen LogP contribution in [0.5, 0.6) is 11.5 Å². The molecule has 6 heteroatoms. The van der Waals surface area contributed by atoms with Crippen LogP contribution in [0.3, 0.4) is 0 Å². The first kappa shape index (κ1) is 16.0. The summed E-state index contributed by atoms with van der Waals surface area (Å²) in [5, 5.41) is 10.2. The van der Waals surface area contributed by atoms with Gasteiger partial charge in [-0.3, -0.25) is 9.89 Å². The van der Waals surface area contributed by atoms with Crippen molar-refractivity contribution in [3.63, 3.8) is 0 Å². The van der Waals surface area contributed by atoms with Crippen LogP contribution in [0.2, 0.25) is 0 Å². The Morgan fingerprint density at radius 3 is 2.70 bits per heavy atom. The third-order valence-electron chi connectivity index (χ3n) is 5.08. The van der Waals surface area contributed by atoms with Crippen LogP contribution in [0.25, 0.3) is 0 Å². The topological polar surface area (TPSA) is 79.4 Å². The number of nitrogens with zero attached hydrogens (tertiary/aromatic N) is 2. The average Bonchev–Trinajstić information content (AvgIpc) is 3.16. The van der Waals surface area contributed by atoms with Crippen LogP contribution in [0.4, 0.5) is 5.82 Å². The van der Waals surface area contributed by atoms with E-state index < -0.39 is 0 Å². The highest BCUT2D eigenvalue weighted by molar-refractivity contribution is 6.11. The van der Waals surface area contributed by atoms with Crippen LogP contribution in [0, 0.1) is 5.92 Å². The van der Waals surface area contributed by atoms with Crippen molar-refractivity contribution < 1.29 is 9.53 Å². The van der Waals surface area contributed by atoms with Crippen molar-refractivity contribution >= 4 is 17.3 Å². The van der Waals surface area contributed by atoms with Crippen molar-refractivity contribution in [2.24, 2.45) is 10.9 Å². The van der Waals surface area contributed by atoms with Gasteiger partial charge in [-0.2, -0.15) is 5.10 Å². The molecule has 5 rings (SSSR count). The molecule has 27 heavy (non-hydrogen) atoms. The number of aliphatic imine (C=N–C) groups is 1. The number of ether oxygens (including phenoxy) is 1. The number of hydrogen-bond donors (Lipinski definition) is 2. The molecule has 2 aliphatic rings. The van der Waals surface area contributed by atoms with Gasteiger partial charge in [0.15, 0.2) is 11.6 Å². The zero-order valence-corrected chi connectivity index (χ0v) is 14.6. The van der Waals surface area contributed by atoms with E-state index in [1.54, 1.807) is 6.20 Å². The molecule has 1 fully saturated rings. The molecule has 2 unspecified atom stereocenters. The molecule has 3 aromatic rings. The van der Waals surface area contributed by atoms with E-state index in [1.165, 1.54) is 0 Å². The van der Waals surface area contributed by atoms with Gasteiger partial charge in [0.25, 0.3) is 0 Å². The second-order valence-corrected chi connectivity index (χ2v) is 6.79. The molecule has 0 radical (unpaired) electrons. The quantitative estimate of drug-likeness (QED) is 0.753. The molecule has 1 aromatic heterocycles. The van der Waals surface area contributed by atoms with E-state index in [1.807, 2.05) is 54.6 Å². The maximum Gasteiger partial charge on any atom is 0.156 e. The van der Waals surface area contributed by atoms with E-state index >= 15 is 0 Å². The fraction of sp³-hybridized carbons (Fsp3) is 0.190. The van der Waals surface area contributed by atoms with Crippen molar-refractivity contribution in [3.8, 4) is 11.5 Å². The van der Waals surface area contributed by atoms with Crippen LogP contribution in [0.15, 0.2) is 65.8 Å². The molecule has 2 aromatic carbocycles. The van der Waals surface area contributed by atoms with Gasteiger partial charge in [-0.25, -0.2) is 4.99 Å². The summed E-state index contributed by atoms with van der Waals surface area (Å²) in [6, 6.07) is 17.6. The van der Waals surface area contributed by atoms with E-state index in [2.05, 4.69) is 20.5 Å². The Balaban J connectivity index is 1.56. The van der Waals surface area contributed by atoms with Gasteiger partial charge in [0.05, 0.1) is 18.7 Å². The summed E-state index contributed by atoms with van der Waals surface area (Å²) in [6.45, 7) is 0.985. The summed E-state index contributed by atoms with van der Waals surface area (Å²) in [6.07, 6.45) is 1.78. The Kier molecular flexibility index (Phi) is 3.83. The second-order valence-electron chi connectivity index (χ2n) is 6.79. The molecule has 6 nitrogen and oxygen atoms in total. The molecule has 2 N–H and O–H groups in total. The molecule has 3 heterocycles. The summed E-state index contributed by atoms with van der Waals surface area (Å²) >= 11 is 0. The number of ketones is 1. The summed E-state index contributed by atoms with van der Waals surface area (Å²) in [5.41, 5.74) is 2.84. The van der Waals surface area contributed by atoms with E-state index in [-0.39, 0.29) is 17.6 Å². The van der Waals surface area contributed by atoms with Crippen molar-refractivity contribution in [2.75, 3.05) is 13.1 Å². The van der Waals surface area contributed by atoms with Gasteiger partial charge in [-0.05, 0) is 29.8 Å². The molecule has 0 amide bonds. The first-order chi connectivity index (χ1) is 13.3. The lowest BCUT2D eigenvalue weighted by molar-refractivity contribution is -0.120. The fourth-order valence-corrected chi connectivity index (χ4v) is 3.90. The number of carbonyl (C=O) groups excluding carboxylic acids is 1. The Bertz CT molecular complexity index is 1030. The third kappa shape index (κ3) is 2.84. The first-order valence-electron chi connectivity index (χ1n) is 8.96. The molecule has 0 spiro atoms. The minimum absolute atomic E-state index is 0.111. The Morgan fingerprint density at radius 2 is 1.81 bits per heavy atom. The SMILES string of the molecule is O=C1CNCC2=Nc3[nH]ncc3C(c3cccc(Oc4ccccc4)c3)C12. The van der Waals surface area contributed by atoms with Crippen LogP contribution >= 0.6 is 0 Å². The molecular formula is C21H18N4O2. The number of rotatable bonds is 3. The maximum atomic E-state index is 12.7. The molecule has 0 aliphatic carbocycles. The minimum Gasteiger partial charge on any atom is -0.457 e. The number of nitrogens with one attached hydrogen (secondary N) is 2. The normalized spacial score (nSPS) is 21.2. The summed E-state index contributed by atoms with van der Waals surface area (Å²) in [4.78, 5) is 17.3. The highest BCUT2D eigenvalue weighted by Crippen LogP contribution is 2.43. The highest BCUT2D eigenvalue weighted by Gasteiger charge is 2.41. The van der Waals surface area contributed by atoms with Crippen molar-refractivity contribution in [2.45, 2.75) is 5.92 Å². The van der Waals surface area contributed by atoms with Crippen molar-refractivity contribution in [3.05, 3.63) is 71.9 Å². The molecule has 1 saturated heterocycles. The first-order valence-corrected chi connectivity index (χ1v) is 8.96. The number of piperidine rings is 1. The van der Waals surface area contributed by atoms with E-state index in [4.69, 9.17) is 4.74 Å². The van der Waals surface area contributed by atoms with Crippen molar-refractivity contribution in [1.29, 1.82) is 0 Å². The lowest BCUT2D eigenvalue weighted by atomic mass is 9.74. The molecule has 2 atom stereocenters. The minimum atomic E-state index is -0.261. The predicted octanol–water partition coefficient (Wildman–Crippen LogP) is 3.21. The van der Waals surface area contributed by atoms with Gasteiger partial charge >= 0.3 is 0 Å². The lowest BCUT2D eigenvalue weighted by Crippen LogP contribution is -2.48. The molecule has 0 saturated carbocycles. The highest BCUT2D eigenvalue weighted by atomic mass is 16.5. The number of H-pyrrole nitrogens is 1. The van der Waals surface area contributed by atoms with Gasteiger partial charge in [0.1, 0.15) is 11.5 Å². The van der Waals surface area contributed by atoms with Gasteiger partial charge in [-0.1, -0.05) is 30.3 Å². The average molecular weight is 358 g/mol. The Hall–Kier alpha value is -3.25. The summed E-state index contributed by atoms with van der Waals surface area (Å²) in [7, 11) is 0. The predicted molar refractivity (Wildman–Crippen MR) is 102 cm³/mol.